The van der Waals surface area contributed by atoms with Gasteiger partial charge in [0.2, 0.25) is 10.0 Å². The molecule has 1 heterocycles. The molecule has 1 saturated heterocycles. The lowest BCUT2D eigenvalue weighted by atomic mass is 9.78. The molecule has 0 bridgehead atoms. The zero-order chi connectivity index (χ0) is 21.6. The average molecular weight is 425 g/mol. The van der Waals surface area contributed by atoms with Gasteiger partial charge in [-0.3, -0.25) is 4.72 Å². The molecular weight excluding hydrogens is 403 g/mol. The molecule has 6 nitrogen and oxygen atoms in total. The van der Waals surface area contributed by atoms with Crippen LogP contribution in [0.5, 0.6) is 11.5 Å². The maximum absolute atomic E-state index is 14.1. The quantitative estimate of drug-likeness (QED) is 0.744. The van der Waals surface area contributed by atoms with Crippen LogP contribution >= 0.6 is 0 Å². The highest BCUT2D eigenvalue weighted by Crippen LogP contribution is 2.38. The number of hydrogen-bond donors (Lipinski definition) is 1. The van der Waals surface area contributed by atoms with Crippen LogP contribution in [0.2, 0.25) is 0 Å². The summed E-state index contributed by atoms with van der Waals surface area (Å²) in [5.41, 5.74) is -0.683. The Kier molecular flexibility index (Phi) is 5.40. The van der Waals surface area contributed by atoms with E-state index in [1.54, 1.807) is 0 Å². The number of rotatable bonds is 5. The van der Waals surface area contributed by atoms with Gasteiger partial charge in [0, 0.05) is 17.2 Å². The van der Waals surface area contributed by atoms with Gasteiger partial charge in [0.15, 0.2) is 11.6 Å². The summed E-state index contributed by atoms with van der Waals surface area (Å²) in [5.74, 6) is -1.60. The van der Waals surface area contributed by atoms with Crippen molar-refractivity contribution >= 4 is 28.3 Å². The van der Waals surface area contributed by atoms with Crippen LogP contribution in [0.4, 0.5) is 14.5 Å². The van der Waals surface area contributed by atoms with E-state index in [0.29, 0.717) is 11.5 Å². The molecular formula is C19H22BF2NO5S. The highest BCUT2D eigenvalue weighted by Gasteiger charge is 2.52. The number of halogens is 2. The molecule has 29 heavy (non-hydrogen) atoms. The van der Waals surface area contributed by atoms with Crippen LogP contribution in [0.3, 0.4) is 0 Å². The van der Waals surface area contributed by atoms with Gasteiger partial charge in [0.25, 0.3) is 0 Å². The molecule has 1 fully saturated rings. The molecule has 0 aromatic heterocycles. The van der Waals surface area contributed by atoms with Crippen LogP contribution in [0.25, 0.3) is 0 Å². The Morgan fingerprint density at radius 1 is 0.966 bits per heavy atom. The molecule has 1 aliphatic heterocycles. The molecule has 0 saturated carbocycles. The molecule has 0 spiro atoms. The summed E-state index contributed by atoms with van der Waals surface area (Å²) in [6, 6.07) is 7.39. The minimum absolute atomic E-state index is 0.187. The van der Waals surface area contributed by atoms with E-state index in [2.05, 4.69) is 4.72 Å². The van der Waals surface area contributed by atoms with Crippen molar-refractivity contribution in [3.05, 3.63) is 48.0 Å². The first-order valence-electron chi connectivity index (χ1n) is 8.88. The Balaban J connectivity index is 2.04. The molecule has 3 rings (SSSR count). The zero-order valence-corrected chi connectivity index (χ0v) is 17.6. The van der Waals surface area contributed by atoms with Gasteiger partial charge in [-0.25, -0.2) is 17.2 Å². The van der Waals surface area contributed by atoms with Crippen LogP contribution in [-0.4, -0.2) is 33.0 Å². The SMILES string of the molecule is CC1(C)OB(c2cc(NS(C)(=O)=O)ccc2Oc2ccc(F)cc2F)OC1(C)C. The molecule has 2 aromatic rings. The lowest BCUT2D eigenvalue weighted by Crippen LogP contribution is -2.41. The lowest BCUT2D eigenvalue weighted by Gasteiger charge is -2.32. The van der Waals surface area contributed by atoms with Crippen LogP contribution in [0.1, 0.15) is 27.7 Å². The van der Waals surface area contributed by atoms with Crippen LogP contribution in [-0.2, 0) is 19.3 Å². The third-order valence-electron chi connectivity index (χ3n) is 4.93. The Morgan fingerprint density at radius 3 is 2.10 bits per heavy atom. The monoisotopic (exact) mass is 425 g/mol. The highest BCUT2D eigenvalue weighted by molar-refractivity contribution is 7.92. The van der Waals surface area contributed by atoms with Gasteiger partial charge in [-0.1, -0.05) is 0 Å². The third kappa shape index (κ3) is 4.71. The van der Waals surface area contributed by atoms with Crippen molar-refractivity contribution in [3.63, 3.8) is 0 Å². The molecule has 0 aliphatic carbocycles. The van der Waals surface area contributed by atoms with Gasteiger partial charge >= 0.3 is 7.12 Å². The first-order chi connectivity index (χ1) is 13.3. The fourth-order valence-electron chi connectivity index (χ4n) is 2.75. The van der Waals surface area contributed by atoms with Crippen molar-refractivity contribution in [2.45, 2.75) is 38.9 Å². The normalized spacial score (nSPS) is 18.0. The van der Waals surface area contributed by atoms with Crippen molar-refractivity contribution in [3.8, 4) is 11.5 Å². The fraction of sp³-hybridized carbons (Fsp3) is 0.368. The van der Waals surface area contributed by atoms with E-state index in [9.17, 15) is 17.2 Å². The summed E-state index contributed by atoms with van der Waals surface area (Å²) < 4.78 is 70.6. The second kappa shape index (κ2) is 7.26. The van der Waals surface area contributed by atoms with Crippen molar-refractivity contribution in [1.29, 1.82) is 0 Å². The van der Waals surface area contributed by atoms with E-state index in [0.717, 1.165) is 12.3 Å². The second-order valence-electron chi connectivity index (χ2n) is 7.89. The maximum atomic E-state index is 14.1. The van der Waals surface area contributed by atoms with Crippen molar-refractivity contribution in [2.75, 3.05) is 11.0 Å². The van der Waals surface area contributed by atoms with E-state index in [1.807, 2.05) is 27.7 Å². The van der Waals surface area contributed by atoms with Crippen LogP contribution in [0, 0.1) is 11.6 Å². The summed E-state index contributed by atoms with van der Waals surface area (Å²) in [6.07, 6.45) is 1.03. The minimum atomic E-state index is -3.52. The average Bonchev–Trinajstić information content (AvgIpc) is 2.77. The summed E-state index contributed by atoms with van der Waals surface area (Å²) >= 11 is 0. The van der Waals surface area contributed by atoms with Crippen molar-refractivity contribution < 1.29 is 31.2 Å². The largest absolute Gasteiger partial charge is 0.498 e. The number of anilines is 1. The van der Waals surface area contributed by atoms with Crippen LogP contribution < -0.4 is 14.9 Å². The zero-order valence-electron chi connectivity index (χ0n) is 16.7. The standard InChI is InChI=1S/C19H22BF2NO5S/c1-18(2)19(3,4)28-20(27-18)14-11-13(23-29(5,24)25)7-9-16(14)26-17-8-6-12(21)10-15(17)22/h6-11,23H,1-5H3. The minimum Gasteiger partial charge on any atom is -0.455 e. The van der Waals surface area contributed by atoms with E-state index in [-0.39, 0.29) is 17.2 Å². The molecule has 0 amide bonds. The maximum Gasteiger partial charge on any atom is 0.498 e. The molecule has 156 valence electrons. The van der Waals surface area contributed by atoms with Gasteiger partial charge in [0.1, 0.15) is 11.6 Å². The van der Waals surface area contributed by atoms with Gasteiger partial charge < -0.3 is 14.0 Å². The molecule has 1 aliphatic rings. The van der Waals surface area contributed by atoms with E-state index < -0.39 is 40.0 Å². The highest BCUT2D eigenvalue weighted by atomic mass is 32.2. The Hall–Kier alpha value is -2.17. The van der Waals surface area contributed by atoms with Gasteiger partial charge in [0.05, 0.1) is 17.5 Å². The molecule has 0 unspecified atom stereocenters. The smallest absolute Gasteiger partial charge is 0.455 e. The number of sulfonamides is 1. The first kappa shape index (κ1) is 21.5. The summed E-state index contributed by atoms with van der Waals surface area (Å²) in [5, 5.41) is 0. The van der Waals surface area contributed by atoms with Crippen molar-refractivity contribution in [2.24, 2.45) is 0 Å². The Labute approximate surface area is 169 Å². The molecule has 1 N–H and O–H groups in total. The number of nitrogens with one attached hydrogen (secondary N) is 1. The van der Waals surface area contributed by atoms with E-state index in [4.69, 9.17) is 14.0 Å². The Morgan fingerprint density at radius 2 is 1.55 bits per heavy atom. The van der Waals surface area contributed by atoms with E-state index >= 15 is 0 Å². The third-order valence-corrected chi connectivity index (χ3v) is 5.54. The molecule has 0 radical (unpaired) electrons. The lowest BCUT2D eigenvalue weighted by molar-refractivity contribution is 0.00578. The summed E-state index contributed by atoms with van der Waals surface area (Å²) in [6.45, 7) is 7.47. The predicted molar refractivity (Wildman–Crippen MR) is 107 cm³/mol. The predicted octanol–water partition coefficient (Wildman–Crippen LogP) is 3.43. The molecule has 2 aromatic carbocycles. The number of hydrogen-bond acceptors (Lipinski definition) is 5. The first-order valence-corrected chi connectivity index (χ1v) is 10.8. The molecule has 0 atom stereocenters. The molecule has 10 heteroatoms. The Bertz CT molecular complexity index is 1030. The number of benzene rings is 2. The van der Waals surface area contributed by atoms with Crippen LogP contribution in [0.15, 0.2) is 36.4 Å². The topological polar surface area (TPSA) is 73.9 Å². The van der Waals surface area contributed by atoms with Crippen molar-refractivity contribution in [1.82, 2.24) is 0 Å². The number of ether oxygens (including phenoxy) is 1. The summed E-state index contributed by atoms with van der Waals surface area (Å²) in [7, 11) is -4.41. The van der Waals surface area contributed by atoms with Gasteiger partial charge in [-0.15, -0.1) is 0 Å². The summed E-state index contributed by atoms with van der Waals surface area (Å²) in [4.78, 5) is 0. The second-order valence-corrected chi connectivity index (χ2v) is 9.64. The fourth-order valence-corrected chi connectivity index (χ4v) is 3.30. The van der Waals surface area contributed by atoms with Gasteiger partial charge in [-0.05, 0) is 58.0 Å². The van der Waals surface area contributed by atoms with Gasteiger partial charge in [-0.2, -0.15) is 0 Å². The van der Waals surface area contributed by atoms with E-state index in [1.165, 1.54) is 24.3 Å².